The van der Waals surface area contributed by atoms with Crippen LogP contribution in [0.25, 0.3) is 0 Å². The van der Waals surface area contributed by atoms with Crippen molar-refractivity contribution in [2.24, 2.45) is 5.92 Å². The van der Waals surface area contributed by atoms with Gasteiger partial charge in [0.2, 0.25) is 0 Å². The first-order chi connectivity index (χ1) is 9.38. The fraction of sp³-hybridized carbons (Fsp3) is 1.00. The number of hydrogen-bond acceptors (Lipinski definition) is 3. The van der Waals surface area contributed by atoms with Crippen molar-refractivity contribution >= 4 is 0 Å². The SMILES string of the molecule is CCCCOCCOCCC1CCCC1NCCC. The van der Waals surface area contributed by atoms with Crippen LogP contribution in [0.15, 0.2) is 0 Å². The Balaban J connectivity index is 1.93. The normalized spacial score (nSPS) is 23.1. The summed E-state index contributed by atoms with van der Waals surface area (Å²) in [5.41, 5.74) is 0. The Hall–Kier alpha value is -0.120. The summed E-state index contributed by atoms with van der Waals surface area (Å²) in [5, 5.41) is 3.68. The first-order valence-corrected chi connectivity index (χ1v) is 8.27. The molecule has 1 aliphatic rings. The molecular weight excluding hydrogens is 238 g/mol. The van der Waals surface area contributed by atoms with Gasteiger partial charge in [0.05, 0.1) is 13.2 Å². The van der Waals surface area contributed by atoms with Crippen LogP contribution in [0.1, 0.15) is 58.8 Å². The van der Waals surface area contributed by atoms with Crippen molar-refractivity contribution in [1.29, 1.82) is 0 Å². The largest absolute Gasteiger partial charge is 0.379 e. The van der Waals surface area contributed by atoms with Crippen LogP contribution >= 0.6 is 0 Å². The van der Waals surface area contributed by atoms with Crippen LogP contribution in [0.2, 0.25) is 0 Å². The minimum atomic E-state index is 0.740. The molecule has 2 unspecified atom stereocenters. The summed E-state index contributed by atoms with van der Waals surface area (Å²) in [6.45, 7) is 8.86. The zero-order valence-electron chi connectivity index (χ0n) is 13.0. The second-order valence-corrected chi connectivity index (χ2v) is 5.62. The molecule has 1 saturated carbocycles. The molecule has 0 aliphatic heterocycles. The highest BCUT2D eigenvalue weighted by Crippen LogP contribution is 2.28. The standard InChI is InChI=1S/C16H33NO2/c1-3-5-11-18-13-14-19-12-9-15-7-6-8-16(15)17-10-4-2/h15-17H,3-14H2,1-2H3. The van der Waals surface area contributed by atoms with E-state index in [1.807, 2.05) is 0 Å². The lowest BCUT2D eigenvalue weighted by Gasteiger charge is -2.20. The van der Waals surface area contributed by atoms with Crippen molar-refractivity contribution < 1.29 is 9.47 Å². The van der Waals surface area contributed by atoms with E-state index in [1.54, 1.807) is 0 Å². The molecule has 114 valence electrons. The molecule has 1 N–H and O–H groups in total. The van der Waals surface area contributed by atoms with E-state index < -0.39 is 0 Å². The molecule has 1 rings (SSSR count). The Morgan fingerprint density at radius 1 is 0.947 bits per heavy atom. The lowest BCUT2D eigenvalue weighted by atomic mass is 10.00. The predicted octanol–water partition coefficient (Wildman–Crippen LogP) is 3.38. The second kappa shape index (κ2) is 11.7. The van der Waals surface area contributed by atoms with Crippen LogP contribution in [0.5, 0.6) is 0 Å². The van der Waals surface area contributed by atoms with E-state index in [4.69, 9.17) is 9.47 Å². The van der Waals surface area contributed by atoms with E-state index in [-0.39, 0.29) is 0 Å². The number of nitrogens with one attached hydrogen (secondary N) is 1. The summed E-state index contributed by atoms with van der Waals surface area (Å²) in [6.07, 6.45) is 8.90. The summed E-state index contributed by atoms with van der Waals surface area (Å²) in [7, 11) is 0. The van der Waals surface area contributed by atoms with Gasteiger partial charge in [-0.3, -0.25) is 0 Å². The van der Waals surface area contributed by atoms with E-state index in [9.17, 15) is 0 Å². The molecule has 19 heavy (non-hydrogen) atoms. The molecule has 3 heteroatoms. The molecule has 2 atom stereocenters. The molecule has 0 aromatic heterocycles. The Morgan fingerprint density at radius 2 is 1.74 bits per heavy atom. The van der Waals surface area contributed by atoms with Crippen molar-refractivity contribution in [3.63, 3.8) is 0 Å². The van der Waals surface area contributed by atoms with Crippen LogP contribution in [-0.2, 0) is 9.47 Å². The van der Waals surface area contributed by atoms with Gasteiger partial charge < -0.3 is 14.8 Å². The van der Waals surface area contributed by atoms with Crippen molar-refractivity contribution in [3.05, 3.63) is 0 Å². The maximum Gasteiger partial charge on any atom is 0.0700 e. The quantitative estimate of drug-likeness (QED) is 0.552. The molecule has 0 saturated heterocycles. The van der Waals surface area contributed by atoms with E-state index in [1.165, 1.54) is 38.5 Å². The van der Waals surface area contributed by atoms with Crippen molar-refractivity contribution in [2.45, 2.75) is 64.8 Å². The molecular formula is C16H33NO2. The van der Waals surface area contributed by atoms with Gasteiger partial charge in [-0.2, -0.15) is 0 Å². The first kappa shape index (κ1) is 16.9. The van der Waals surface area contributed by atoms with E-state index >= 15 is 0 Å². The monoisotopic (exact) mass is 271 g/mol. The van der Waals surface area contributed by atoms with Gasteiger partial charge in [-0.25, -0.2) is 0 Å². The van der Waals surface area contributed by atoms with Crippen LogP contribution < -0.4 is 5.32 Å². The van der Waals surface area contributed by atoms with Gasteiger partial charge in [0.25, 0.3) is 0 Å². The smallest absolute Gasteiger partial charge is 0.0700 e. The summed E-state index contributed by atoms with van der Waals surface area (Å²) < 4.78 is 11.2. The molecule has 0 aromatic rings. The van der Waals surface area contributed by atoms with Crippen LogP contribution in [-0.4, -0.2) is 39.0 Å². The zero-order chi connectivity index (χ0) is 13.8. The first-order valence-electron chi connectivity index (χ1n) is 8.27. The molecule has 0 amide bonds. The lowest BCUT2D eigenvalue weighted by Crippen LogP contribution is -2.33. The topological polar surface area (TPSA) is 30.5 Å². The summed E-state index contributed by atoms with van der Waals surface area (Å²) in [6, 6.07) is 0.740. The Morgan fingerprint density at radius 3 is 2.47 bits per heavy atom. The van der Waals surface area contributed by atoms with Crippen molar-refractivity contribution in [1.82, 2.24) is 5.32 Å². The fourth-order valence-electron chi connectivity index (χ4n) is 2.78. The number of ether oxygens (including phenoxy) is 2. The average molecular weight is 271 g/mol. The molecule has 1 fully saturated rings. The van der Waals surface area contributed by atoms with Gasteiger partial charge >= 0.3 is 0 Å². The Kier molecular flexibility index (Phi) is 10.4. The third-order valence-electron chi connectivity index (χ3n) is 3.96. The van der Waals surface area contributed by atoms with Gasteiger partial charge in [0.1, 0.15) is 0 Å². The van der Waals surface area contributed by atoms with Gasteiger partial charge in [0.15, 0.2) is 0 Å². The van der Waals surface area contributed by atoms with Gasteiger partial charge in [0, 0.05) is 19.3 Å². The molecule has 0 heterocycles. The Labute approximate surface area is 119 Å². The van der Waals surface area contributed by atoms with Gasteiger partial charge in [-0.1, -0.05) is 26.7 Å². The van der Waals surface area contributed by atoms with Gasteiger partial charge in [-0.15, -0.1) is 0 Å². The zero-order valence-corrected chi connectivity index (χ0v) is 13.0. The van der Waals surface area contributed by atoms with Crippen molar-refractivity contribution in [2.75, 3.05) is 33.0 Å². The molecule has 0 bridgehead atoms. The molecule has 1 aliphatic carbocycles. The van der Waals surface area contributed by atoms with E-state index in [0.29, 0.717) is 0 Å². The highest BCUT2D eigenvalue weighted by molar-refractivity contribution is 4.82. The number of rotatable bonds is 12. The minimum absolute atomic E-state index is 0.740. The van der Waals surface area contributed by atoms with E-state index in [0.717, 1.165) is 51.4 Å². The fourth-order valence-corrected chi connectivity index (χ4v) is 2.78. The lowest BCUT2D eigenvalue weighted by molar-refractivity contribution is 0.0410. The third kappa shape index (κ3) is 7.91. The average Bonchev–Trinajstić information content (AvgIpc) is 2.87. The summed E-state index contributed by atoms with van der Waals surface area (Å²) in [4.78, 5) is 0. The highest BCUT2D eigenvalue weighted by atomic mass is 16.5. The molecule has 3 nitrogen and oxygen atoms in total. The predicted molar refractivity (Wildman–Crippen MR) is 80.6 cm³/mol. The van der Waals surface area contributed by atoms with E-state index in [2.05, 4.69) is 19.2 Å². The van der Waals surface area contributed by atoms with Crippen molar-refractivity contribution in [3.8, 4) is 0 Å². The number of unbranched alkanes of at least 4 members (excludes halogenated alkanes) is 1. The maximum atomic E-state index is 5.68. The maximum absolute atomic E-state index is 5.68. The van der Waals surface area contributed by atoms with Gasteiger partial charge in [-0.05, 0) is 44.6 Å². The molecule has 0 radical (unpaired) electrons. The third-order valence-corrected chi connectivity index (χ3v) is 3.96. The molecule has 0 aromatic carbocycles. The Bertz CT molecular complexity index is 199. The van der Waals surface area contributed by atoms with Crippen LogP contribution in [0.4, 0.5) is 0 Å². The summed E-state index contributed by atoms with van der Waals surface area (Å²) in [5.74, 6) is 0.826. The second-order valence-electron chi connectivity index (χ2n) is 5.62. The van der Waals surface area contributed by atoms with Crippen LogP contribution in [0, 0.1) is 5.92 Å². The molecule has 0 spiro atoms. The minimum Gasteiger partial charge on any atom is -0.379 e. The van der Waals surface area contributed by atoms with Crippen LogP contribution in [0.3, 0.4) is 0 Å². The highest BCUT2D eigenvalue weighted by Gasteiger charge is 2.25. The summed E-state index contributed by atoms with van der Waals surface area (Å²) >= 11 is 0. The number of hydrogen-bond donors (Lipinski definition) is 1.